The molecule has 1 aliphatic heterocycles. The maximum Gasteiger partial charge on any atom is 0.254 e. The lowest BCUT2D eigenvalue weighted by Crippen LogP contribution is -2.50. The molecule has 1 N–H and O–H groups in total. The van der Waals surface area contributed by atoms with Crippen LogP contribution in [0.4, 0.5) is 4.39 Å². The average molecular weight is 383 g/mol. The highest BCUT2D eigenvalue weighted by Crippen LogP contribution is 2.15. The third kappa shape index (κ3) is 5.16. The Labute approximate surface area is 165 Å². The van der Waals surface area contributed by atoms with Gasteiger partial charge in [0, 0.05) is 38.3 Å². The Morgan fingerprint density at radius 1 is 1.04 bits per heavy atom. The van der Waals surface area contributed by atoms with Gasteiger partial charge < -0.3 is 15.1 Å². The second-order valence-corrected chi connectivity index (χ2v) is 7.29. The lowest BCUT2D eigenvalue weighted by molar-refractivity contribution is -0.132. The van der Waals surface area contributed by atoms with Crippen LogP contribution < -0.4 is 5.32 Å². The summed E-state index contributed by atoms with van der Waals surface area (Å²) in [4.78, 5) is 29.3. The Morgan fingerprint density at radius 3 is 2.25 bits per heavy atom. The Bertz CT molecular complexity index is 825. The first kappa shape index (κ1) is 20.0. The zero-order chi connectivity index (χ0) is 20.1. The fraction of sp³-hybridized carbons (Fsp3) is 0.364. The number of carbonyl (C=O) groups is 2. The summed E-state index contributed by atoms with van der Waals surface area (Å²) in [5.41, 5.74) is 3.34. The minimum atomic E-state index is -0.326. The van der Waals surface area contributed by atoms with Crippen molar-refractivity contribution in [2.75, 3.05) is 32.7 Å². The summed E-state index contributed by atoms with van der Waals surface area (Å²) in [6.45, 7) is 6.94. The lowest BCUT2D eigenvalue weighted by Gasteiger charge is -2.30. The predicted octanol–water partition coefficient (Wildman–Crippen LogP) is 2.52. The van der Waals surface area contributed by atoms with Gasteiger partial charge in [-0.3, -0.25) is 9.59 Å². The second kappa shape index (κ2) is 8.97. The van der Waals surface area contributed by atoms with Crippen LogP contribution in [-0.2, 0) is 11.3 Å². The molecule has 0 spiro atoms. The van der Waals surface area contributed by atoms with Crippen molar-refractivity contribution < 1.29 is 14.0 Å². The maximum absolute atomic E-state index is 13.2. The number of carbonyl (C=O) groups excluding carboxylic acids is 2. The van der Waals surface area contributed by atoms with Gasteiger partial charge in [-0.2, -0.15) is 0 Å². The number of nitrogens with one attached hydrogen (secondary N) is 1. The zero-order valence-corrected chi connectivity index (χ0v) is 16.4. The number of amides is 2. The van der Waals surface area contributed by atoms with E-state index in [1.54, 1.807) is 21.9 Å². The molecule has 3 rings (SSSR count). The van der Waals surface area contributed by atoms with Crippen LogP contribution in [0.2, 0.25) is 0 Å². The smallest absolute Gasteiger partial charge is 0.254 e. The van der Waals surface area contributed by atoms with Crippen molar-refractivity contribution >= 4 is 11.8 Å². The molecule has 0 aliphatic carbocycles. The quantitative estimate of drug-likeness (QED) is 0.863. The van der Waals surface area contributed by atoms with Gasteiger partial charge in [0.05, 0.1) is 0 Å². The highest BCUT2D eigenvalue weighted by molar-refractivity contribution is 5.96. The summed E-state index contributed by atoms with van der Waals surface area (Å²) in [5, 5.41) is 3.22. The van der Waals surface area contributed by atoms with E-state index < -0.39 is 0 Å². The van der Waals surface area contributed by atoms with Crippen molar-refractivity contribution in [2.45, 2.75) is 20.4 Å². The lowest BCUT2D eigenvalue weighted by atomic mass is 10.1. The summed E-state index contributed by atoms with van der Waals surface area (Å²) in [7, 11) is 0. The van der Waals surface area contributed by atoms with Gasteiger partial charge in [0.25, 0.3) is 5.91 Å². The number of benzene rings is 2. The normalized spacial score (nSPS) is 14.0. The molecule has 1 heterocycles. The monoisotopic (exact) mass is 383 g/mol. The van der Waals surface area contributed by atoms with Crippen molar-refractivity contribution in [2.24, 2.45) is 0 Å². The van der Waals surface area contributed by atoms with Gasteiger partial charge in [0.15, 0.2) is 0 Å². The molecule has 1 aliphatic rings. The standard InChI is InChI=1S/C22H26FN3O2/c1-16-11-17(2)13-19(12-16)22(28)26(14-18-3-5-20(23)6-4-18)15-21(27)25-9-7-24-8-10-25/h3-6,11-13,24H,7-10,14-15H2,1-2H3. The first-order valence-electron chi connectivity index (χ1n) is 9.53. The first-order chi connectivity index (χ1) is 13.4. The molecule has 2 amide bonds. The molecule has 148 valence electrons. The van der Waals surface area contributed by atoms with Crippen LogP contribution in [0.1, 0.15) is 27.0 Å². The third-order valence-corrected chi connectivity index (χ3v) is 4.84. The van der Waals surface area contributed by atoms with Gasteiger partial charge in [-0.05, 0) is 43.7 Å². The van der Waals surface area contributed by atoms with Crippen LogP contribution >= 0.6 is 0 Å². The number of halogens is 1. The van der Waals surface area contributed by atoms with E-state index in [1.807, 2.05) is 32.0 Å². The number of nitrogens with zero attached hydrogens (tertiary/aromatic N) is 2. The van der Waals surface area contributed by atoms with Gasteiger partial charge in [0.1, 0.15) is 12.4 Å². The highest BCUT2D eigenvalue weighted by Gasteiger charge is 2.24. The molecule has 0 radical (unpaired) electrons. The highest BCUT2D eigenvalue weighted by atomic mass is 19.1. The van der Waals surface area contributed by atoms with Crippen molar-refractivity contribution in [3.05, 3.63) is 70.5 Å². The summed E-state index contributed by atoms with van der Waals surface area (Å²) in [5.74, 6) is -0.589. The first-order valence-corrected chi connectivity index (χ1v) is 9.53. The third-order valence-electron chi connectivity index (χ3n) is 4.84. The van der Waals surface area contributed by atoms with Crippen LogP contribution in [-0.4, -0.2) is 54.3 Å². The second-order valence-electron chi connectivity index (χ2n) is 7.29. The zero-order valence-electron chi connectivity index (χ0n) is 16.4. The molecule has 6 heteroatoms. The number of hydrogen-bond donors (Lipinski definition) is 1. The minimum absolute atomic E-state index is 0.00317. The van der Waals surface area contributed by atoms with Gasteiger partial charge in [-0.15, -0.1) is 0 Å². The van der Waals surface area contributed by atoms with Crippen molar-refractivity contribution in [3.8, 4) is 0 Å². The van der Waals surface area contributed by atoms with Gasteiger partial charge >= 0.3 is 0 Å². The molecule has 0 aromatic heterocycles. The van der Waals surface area contributed by atoms with E-state index in [9.17, 15) is 14.0 Å². The Kier molecular flexibility index (Phi) is 6.41. The Hall–Kier alpha value is -2.73. The summed E-state index contributed by atoms with van der Waals surface area (Å²) < 4.78 is 13.2. The van der Waals surface area contributed by atoms with Crippen molar-refractivity contribution in [3.63, 3.8) is 0 Å². The number of piperazine rings is 1. The van der Waals surface area contributed by atoms with E-state index in [0.717, 1.165) is 29.8 Å². The minimum Gasteiger partial charge on any atom is -0.339 e. The van der Waals surface area contributed by atoms with E-state index in [1.165, 1.54) is 12.1 Å². The molecule has 0 bridgehead atoms. The van der Waals surface area contributed by atoms with Crippen LogP contribution in [0.25, 0.3) is 0 Å². The summed E-state index contributed by atoms with van der Waals surface area (Å²) in [6, 6.07) is 11.7. The average Bonchev–Trinajstić information content (AvgIpc) is 2.68. The van der Waals surface area contributed by atoms with Crippen LogP contribution in [0, 0.1) is 19.7 Å². The number of hydrogen-bond acceptors (Lipinski definition) is 3. The number of rotatable bonds is 5. The van der Waals surface area contributed by atoms with Crippen LogP contribution in [0.3, 0.4) is 0 Å². The summed E-state index contributed by atoms with van der Waals surface area (Å²) >= 11 is 0. The van der Waals surface area contributed by atoms with Crippen LogP contribution in [0.15, 0.2) is 42.5 Å². The molecule has 5 nitrogen and oxygen atoms in total. The van der Waals surface area contributed by atoms with E-state index in [4.69, 9.17) is 0 Å². The fourth-order valence-electron chi connectivity index (χ4n) is 3.47. The molecule has 0 unspecified atom stereocenters. The predicted molar refractivity (Wildman–Crippen MR) is 107 cm³/mol. The Morgan fingerprint density at radius 2 is 1.64 bits per heavy atom. The molecule has 2 aromatic rings. The number of aryl methyl sites for hydroxylation is 2. The molecule has 1 saturated heterocycles. The van der Waals surface area contributed by atoms with Gasteiger partial charge in [0.2, 0.25) is 5.91 Å². The molecule has 0 atom stereocenters. The van der Waals surface area contributed by atoms with E-state index >= 15 is 0 Å². The van der Waals surface area contributed by atoms with Gasteiger partial charge in [-0.1, -0.05) is 29.3 Å². The molecule has 2 aromatic carbocycles. The topological polar surface area (TPSA) is 52.7 Å². The Balaban J connectivity index is 1.83. The molecule has 1 fully saturated rings. The molecular formula is C22H26FN3O2. The SMILES string of the molecule is Cc1cc(C)cc(C(=O)N(CC(=O)N2CCNCC2)Cc2ccc(F)cc2)c1. The van der Waals surface area contributed by atoms with Gasteiger partial charge in [-0.25, -0.2) is 4.39 Å². The maximum atomic E-state index is 13.2. The van der Waals surface area contributed by atoms with Crippen molar-refractivity contribution in [1.82, 2.24) is 15.1 Å². The fourth-order valence-corrected chi connectivity index (χ4v) is 3.47. The van der Waals surface area contributed by atoms with E-state index in [0.29, 0.717) is 18.7 Å². The summed E-state index contributed by atoms with van der Waals surface area (Å²) in [6.07, 6.45) is 0. The molecule has 28 heavy (non-hydrogen) atoms. The largest absolute Gasteiger partial charge is 0.339 e. The van der Waals surface area contributed by atoms with E-state index in [-0.39, 0.29) is 30.7 Å². The molecular weight excluding hydrogens is 357 g/mol. The van der Waals surface area contributed by atoms with E-state index in [2.05, 4.69) is 5.32 Å². The van der Waals surface area contributed by atoms with Crippen molar-refractivity contribution in [1.29, 1.82) is 0 Å². The van der Waals surface area contributed by atoms with Crippen LogP contribution in [0.5, 0.6) is 0 Å². The molecule has 0 saturated carbocycles.